The van der Waals surface area contributed by atoms with E-state index in [1.54, 1.807) is 73.7 Å². The first kappa shape index (κ1) is 63.9. The standard InChI is InChI=1S/C53H87FN6O17/c1-14-41-53(10,66)46(62)32(4)43(56-72-29-71-22-21-69-12)30(2)25-51(8,65)48(33(5)45(34(6)49(64)75-41)76-42-26-52(9,70-13)47(63)35(7)74-42)77-50-44(61)40(23-31(3)73-50)58(11)20-19-37-28-59(57-55-37)39(27-54)24-36-15-17-38(18-16-36)60(67)68/h15-18,28,30-35,39-42,44-48,50,61-63,65-66H,14,19-27,29H2,1-13H3/t30-,31-,32+,33+,34-,35+,39?,40+,41-,42+,44-,45+,46-,47+,48-,50+,51-,52-,53-/m1/s1. The number of likely N-dealkylation sites (N-methyl/N-ethyl adjacent to an activating group) is 1. The van der Waals surface area contributed by atoms with Gasteiger partial charge in [-0.2, -0.15) is 0 Å². The molecule has 438 valence electrons. The van der Waals surface area contributed by atoms with E-state index >= 15 is 0 Å². The van der Waals surface area contributed by atoms with Crippen molar-refractivity contribution in [3.63, 3.8) is 0 Å². The Morgan fingerprint density at radius 2 is 1.68 bits per heavy atom. The molecule has 0 saturated carbocycles. The Bertz CT molecular complexity index is 2190. The molecule has 3 aliphatic heterocycles. The van der Waals surface area contributed by atoms with E-state index in [2.05, 4.69) is 15.5 Å². The fraction of sp³-hybridized carbons (Fsp3) is 0.811. The Kier molecular flexibility index (Phi) is 23.3. The minimum Gasteiger partial charge on any atom is -0.459 e. The molecular weight excluding hydrogens is 1010 g/mol. The van der Waals surface area contributed by atoms with Crippen molar-refractivity contribution in [2.45, 2.75) is 198 Å². The van der Waals surface area contributed by atoms with E-state index < -0.39 is 132 Å². The number of carbonyl (C=O) groups excluding carboxylic acids is 1. The molecule has 0 radical (unpaired) electrons. The number of nitro benzene ring substituents is 1. The lowest BCUT2D eigenvalue weighted by atomic mass is 9.73. The zero-order valence-corrected chi connectivity index (χ0v) is 47.1. The molecular formula is C53H87FN6O17. The van der Waals surface area contributed by atoms with Crippen molar-refractivity contribution in [1.29, 1.82) is 0 Å². The van der Waals surface area contributed by atoms with E-state index in [-0.39, 0.29) is 50.5 Å². The first-order valence-electron chi connectivity index (χ1n) is 26.8. The molecule has 4 heterocycles. The molecule has 2 aromatic rings. The Morgan fingerprint density at radius 1 is 0.987 bits per heavy atom. The van der Waals surface area contributed by atoms with Gasteiger partial charge in [-0.05, 0) is 79.8 Å². The highest BCUT2D eigenvalue weighted by molar-refractivity contribution is 5.88. The van der Waals surface area contributed by atoms with Gasteiger partial charge in [-0.15, -0.1) is 5.10 Å². The van der Waals surface area contributed by atoms with Gasteiger partial charge < -0.3 is 73.2 Å². The maximum absolute atomic E-state index is 14.6. The van der Waals surface area contributed by atoms with Crippen LogP contribution in [0.15, 0.2) is 35.6 Å². The van der Waals surface area contributed by atoms with E-state index in [9.17, 15) is 44.8 Å². The number of non-ortho nitro benzene ring substituents is 1. The van der Waals surface area contributed by atoms with Crippen LogP contribution in [0.4, 0.5) is 10.1 Å². The second-order valence-corrected chi connectivity index (χ2v) is 22.1. The summed E-state index contributed by atoms with van der Waals surface area (Å²) in [6.07, 6.45) is -8.63. The molecule has 23 nitrogen and oxygen atoms in total. The number of aliphatic hydroxyl groups is 5. The number of methoxy groups -OCH3 is 2. The van der Waals surface area contributed by atoms with Crippen molar-refractivity contribution in [2.24, 2.45) is 28.8 Å². The number of alkyl halides is 1. The number of aromatic nitrogens is 3. The Hall–Kier alpha value is -3.89. The van der Waals surface area contributed by atoms with Crippen molar-refractivity contribution in [3.8, 4) is 0 Å². The van der Waals surface area contributed by atoms with Crippen LogP contribution in [-0.4, -0.2) is 201 Å². The fourth-order valence-corrected chi connectivity index (χ4v) is 11.2. The molecule has 1 aromatic carbocycles. The number of oxime groups is 1. The number of hydrogen-bond donors (Lipinski definition) is 5. The average molecular weight is 1100 g/mol. The monoisotopic (exact) mass is 1100 g/mol. The third-order valence-electron chi connectivity index (χ3n) is 15.9. The van der Waals surface area contributed by atoms with Crippen molar-refractivity contribution in [3.05, 3.63) is 51.8 Å². The summed E-state index contributed by atoms with van der Waals surface area (Å²) >= 11 is 0. The number of cyclic esters (lactones) is 1. The minimum atomic E-state index is -2.03. The molecule has 1 unspecified atom stereocenters. The topological polar surface area (TPSA) is 291 Å². The minimum absolute atomic E-state index is 0.0369. The van der Waals surface area contributed by atoms with Crippen LogP contribution in [0.25, 0.3) is 0 Å². The Balaban J connectivity index is 1.49. The van der Waals surface area contributed by atoms with Gasteiger partial charge in [0.2, 0.25) is 6.79 Å². The van der Waals surface area contributed by atoms with Crippen molar-refractivity contribution in [1.82, 2.24) is 19.9 Å². The van der Waals surface area contributed by atoms with Crippen LogP contribution in [-0.2, 0) is 60.4 Å². The second kappa shape index (κ2) is 28.0. The SMILES string of the molecule is CC[C@H]1OC(=O)[C@H](C)[C@@H](O[C@H]2C[C@@](C)(OC)[C@@H](O)[C@H](C)O2)[C@H](C)[C@@H](O[C@@H]2O[C@H](C)C[C@H](N(C)CCc3cn(C(CF)Cc4ccc([N+](=O)[O-])cc4)nn3)[C@H]2O)[C@](C)(O)C[C@@H](C)C(=NOCOCCOC)[C@H](C)[C@@H](O)[C@]1(C)O. The Labute approximate surface area is 451 Å². The highest BCUT2D eigenvalue weighted by Crippen LogP contribution is 2.41. The third-order valence-corrected chi connectivity index (χ3v) is 15.9. The fourth-order valence-electron chi connectivity index (χ4n) is 11.2. The smallest absolute Gasteiger partial charge is 0.311 e. The molecule has 19 atom stereocenters. The maximum atomic E-state index is 14.6. The van der Waals surface area contributed by atoms with Gasteiger partial charge >= 0.3 is 5.97 Å². The number of carbonyl (C=O) groups is 1. The summed E-state index contributed by atoms with van der Waals surface area (Å²) in [5, 5.41) is 84.7. The lowest BCUT2D eigenvalue weighted by molar-refractivity contribution is -0.384. The molecule has 3 saturated heterocycles. The molecule has 0 aliphatic carbocycles. The molecule has 24 heteroatoms. The van der Waals surface area contributed by atoms with Gasteiger partial charge in [-0.1, -0.05) is 50.2 Å². The van der Waals surface area contributed by atoms with E-state index in [1.807, 2.05) is 18.9 Å². The van der Waals surface area contributed by atoms with E-state index in [0.717, 1.165) is 0 Å². The molecule has 0 bridgehead atoms. The lowest BCUT2D eigenvalue weighted by Crippen LogP contribution is -2.61. The molecule has 5 rings (SSSR count). The zero-order chi connectivity index (χ0) is 57.2. The normalized spacial score (nSPS) is 37.8. The molecule has 1 aromatic heterocycles. The zero-order valence-electron chi connectivity index (χ0n) is 47.1. The first-order valence-corrected chi connectivity index (χ1v) is 26.8. The van der Waals surface area contributed by atoms with Gasteiger partial charge in [-0.25, -0.2) is 9.07 Å². The molecule has 0 amide bonds. The highest BCUT2D eigenvalue weighted by Gasteiger charge is 2.53. The molecule has 3 fully saturated rings. The van der Waals surface area contributed by atoms with Crippen molar-refractivity contribution in [2.75, 3.05) is 54.5 Å². The quantitative estimate of drug-likeness (QED) is 0.0387. The summed E-state index contributed by atoms with van der Waals surface area (Å²) in [6, 6.07) is 4.66. The molecule has 5 N–H and O–H groups in total. The number of hydrogen-bond acceptors (Lipinski definition) is 21. The van der Waals surface area contributed by atoms with Gasteiger partial charge in [0.1, 0.15) is 30.6 Å². The Morgan fingerprint density at radius 3 is 2.30 bits per heavy atom. The number of benzene rings is 1. The summed E-state index contributed by atoms with van der Waals surface area (Å²) in [5.41, 5.74) is -3.58. The average Bonchev–Trinajstić information content (AvgIpc) is 3.87. The van der Waals surface area contributed by atoms with Crippen LogP contribution in [0.5, 0.6) is 0 Å². The highest BCUT2D eigenvalue weighted by atomic mass is 19.1. The summed E-state index contributed by atoms with van der Waals surface area (Å²) in [4.78, 5) is 32.8. The van der Waals surface area contributed by atoms with Crippen LogP contribution in [0.1, 0.15) is 112 Å². The van der Waals surface area contributed by atoms with Crippen LogP contribution in [0.3, 0.4) is 0 Å². The number of halogens is 1. The second-order valence-electron chi connectivity index (χ2n) is 22.1. The predicted octanol–water partition coefficient (Wildman–Crippen LogP) is 4.08. The summed E-state index contributed by atoms with van der Waals surface area (Å²) < 4.78 is 64.7. The number of ether oxygens (including phenoxy) is 8. The van der Waals surface area contributed by atoms with Gasteiger partial charge in [0.05, 0.1) is 83.2 Å². The molecule has 77 heavy (non-hydrogen) atoms. The predicted molar refractivity (Wildman–Crippen MR) is 277 cm³/mol. The summed E-state index contributed by atoms with van der Waals surface area (Å²) in [7, 11) is 4.84. The van der Waals surface area contributed by atoms with Gasteiger partial charge in [0.15, 0.2) is 12.6 Å². The van der Waals surface area contributed by atoms with Crippen molar-refractivity contribution < 1.29 is 82.4 Å². The van der Waals surface area contributed by atoms with Crippen LogP contribution >= 0.6 is 0 Å². The van der Waals surface area contributed by atoms with Crippen LogP contribution < -0.4 is 0 Å². The first-order chi connectivity index (χ1) is 36.2. The number of aliphatic hydroxyl groups excluding tert-OH is 3. The lowest BCUT2D eigenvalue weighted by Gasteiger charge is -2.49. The maximum Gasteiger partial charge on any atom is 0.311 e. The van der Waals surface area contributed by atoms with E-state index in [0.29, 0.717) is 37.3 Å². The number of nitro groups is 1. The third kappa shape index (κ3) is 15.9. The van der Waals surface area contributed by atoms with E-state index in [1.165, 1.54) is 38.0 Å². The number of nitrogens with zero attached hydrogens (tertiary/aromatic N) is 6. The largest absolute Gasteiger partial charge is 0.459 e. The van der Waals surface area contributed by atoms with Gasteiger partial charge in [0, 0.05) is 75.7 Å². The van der Waals surface area contributed by atoms with Crippen LogP contribution in [0, 0.1) is 33.8 Å². The summed E-state index contributed by atoms with van der Waals surface area (Å²) in [5.74, 6) is -4.53. The number of esters is 1. The van der Waals surface area contributed by atoms with Crippen LogP contribution in [0.2, 0.25) is 0 Å². The molecule has 0 spiro atoms. The summed E-state index contributed by atoms with van der Waals surface area (Å²) in [6.45, 7) is 16.5. The van der Waals surface area contributed by atoms with Crippen molar-refractivity contribution >= 4 is 17.4 Å². The van der Waals surface area contributed by atoms with Gasteiger partial charge in [-0.3, -0.25) is 14.9 Å². The van der Waals surface area contributed by atoms with Gasteiger partial charge in [0.25, 0.3) is 5.69 Å². The van der Waals surface area contributed by atoms with E-state index in [4.69, 9.17) is 42.7 Å². The molecule has 3 aliphatic rings. The number of rotatable bonds is 21.